The number of rotatable bonds is 1. The van der Waals surface area contributed by atoms with Gasteiger partial charge < -0.3 is 20.1 Å². The fourth-order valence-corrected chi connectivity index (χ4v) is 1.76. The SMILES string of the molecule is CC(C)(C)C1OC(CO)[C@H](O)[C@H](O)C1F. The molecule has 5 atom stereocenters. The fraction of sp³-hybridized carbons (Fsp3) is 1.00. The van der Waals surface area contributed by atoms with Gasteiger partial charge in [0.1, 0.15) is 18.3 Å². The minimum Gasteiger partial charge on any atom is -0.394 e. The first kappa shape index (κ1) is 12.8. The van der Waals surface area contributed by atoms with Gasteiger partial charge in [-0.15, -0.1) is 0 Å². The predicted octanol–water partition coefficient (Wildman–Crippen LogP) is -0.148. The second-order valence-electron chi connectivity index (χ2n) is 5.07. The summed E-state index contributed by atoms with van der Waals surface area (Å²) in [5, 5.41) is 27.8. The lowest BCUT2D eigenvalue weighted by Gasteiger charge is -2.44. The van der Waals surface area contributed by atoms with Crippen LogP contribution in [0.25, 0.3) is 0 Å². The highest BCUT2D eigenvalue weighted by atomic mass is 19.1. The summed E-state index contributed by atoms with van der Waals surface area (Å²) in [6.45, 7) is 4.91. The first-order chi connectivity index (χ1) is 6.79. The molecule has 1 aliphatic rings. The van der Waals surface area contributed by atoms with E-state index in [1.54, 1.807) is 20.8 Å². The Balaban J connectivity index is 2.83. The zero-order valence-electron chi connectivity index (χ0n) is 9.22. The molecule has 0 aromatic heterocycles. The Bertz CT molecular complexity index is 214. The van der Waals surface area contributed by atoms with Gasteiger partial charge in [-0.1, -0.05) is 20.8 Å². The molecular formula is C10H19FO4. The van der Waals surface area contributed by atoms with E-state index in [1.807, 2.05) is 0 Å². The molecule has 90 valence electrons. The molecule has 0 spiro atoms. The van der Waals surface area contributed by atoms with Crippen molar-refractivity contribution >= 4 is 0 Å². The Morgan fingerprint density at radius 2 is 1.73 bits per heavy atom. The number of alkyl halides is 1. The van der Waals surface area contributed by atoms with Gasteiger partial charge in [0, 0.05) is 0 Å². The maximum Gasteiger partial charge on any atom is 0.155 e. The Hall–Kier alpha value is -0.230. The topological polar surface area (TPSA) is 69.9 Å². The van der Waals surface area contributed by atoms with Gasteiger partial charge in [0.2, 0.25) is 0 Å². The van der Waals surface area contributed by atoms with Crippen molar-refractivity contribution in [1.29, 1.82) is 0 Å². The van der Waals surface area contributed by atoms with Gasteiger partial charge in [0.25, 0.3) is 0 Å². The standard InChI is InChI=1S/C10H19FO4/c1-10(2,3)9-6(11)8(14)7(13)5(4-12)15-9/h5-9,12-14H,4H2,1-3H3/t5?,6?,7-,8+,9?/m0/s1. The molecule has 1 saturated heterocycles. The van der Waals surface area contributed by atoms with Crippen LogP contribution in [0.3, 0.4) is 0 Å². The van der Waals surface area contributed by atoms with Crippen molar-refractivity contribution in [3.63, 3.8) is 0 Å². The average molecular weight is 222 g/mol. The molecule has 1 rings (SSSR count). The van der Waals surface area contributed by atoms with Gasteiger partial charge in [0.15, 0.2) is 6.17 Å². The van der Waals surface area contributed by atoms with E-state index in [0.29, 0.717) is 0 Å². The molecule has 3 N–H and O–H groups in total. The van der Waals surface area contributed by atoms with Crippen molar-refractivity contribution in [2.24, 2.45) is 5.41 Å². The molecule has 0 amide bonds. The quantitative estimate of drug-likeness (QED) is 0.577. The van der Waals surface area contributed by atoms with E-state index in [-0.39, 0.29) is 0 Å². The lowest BCUT2D eigenvalue weighted by Crippen LogP contribution is -2.60. The molecular weight excluding hydrogens is 203 g/mol. The van der Waals surface area contributed by atoms with Crippen LogP contribution in [0.2, 0.25) is 0 Å². The van der Waals surface area contributed by atoms with Crippen LogP contribution in [0.1, 0.15) is 20.8 Å². The van der Waals surface area contributed by atoms with Gasteiger partial charge in [-0.2, -0.15) is 0 Å². The summed E-state index contributed by atoms with van der Waals surface area (Å²) in [6, 6.07) is 0. The lowest BCUT2D eigenvalue weighted by molar-refractivity contribution is -0.234. The van der Waals surface area contributed by atoms with Gasteiger partial charge in [-0.3, -0.25) is 0 Å². The minimum atomic E-state index is -1.64. The van der Waals surface area contributed by atoms with Crippen molar-refractivity contribution in [1.82, 2.24) is 0 Å². The van der Waals surface area contributed by atoms with Crippen LogP contribution in [0, 0.1) is 5.41 Å². The third-order valence-electron chi connectivity index (χ3n) is 2.70. The summed E-state index contributed by atoms with van der Waals surface area (Å²) in [6.07, 6.45) is -6.25. The maximum absolute atomic E-state index is 13.7. The molecule has 15 heavy (non-hydrogen) atoms. The number of aliphatic hydroxyl groups excluding tert-OH is 3. The normalized spacial score (nSPS) is 43.0. The predicted molar refractivity (Wildman–Crippen MR) is 52.1 cm³/mol. The third-order valence-corrected chi connectivity index (χ3v) is 2.70. The van der Waals surface area contributed by atoms with Crippen LogP contribution in [0.15, 0.2) is 0 Å². The monoisotopic (exact) mass is 222 g/mol. The van der Waals surface area contributed by atoms with Crippen LogP contribution < -0.4 is 0 Å². The molecule has 1 fully saturated rings. The summed E-state index contributed by atoms with van der Waals surface area (Å²) < 4.78 is 18.9. The summed E-state index contributed by atoms with van der Waals surface area (Å²) >= 11 is 0. The number of ether oxygens (including phenoxy) is 1. The Labute approximate surface area is 88.7 Å². The number of aliphatic hydroxyl groups is 3. The van der Waals surface area contributed by atoms with Crippen molar-refractivity contribution < 1.29 is 24.4 Å². The largest absolute Gasteiger partial charge is 0.394 e. The Morgan fingerprint density at radius 3 is 2.13 bits per heavy atom. The van der Waals surface area contributed by atoms with Crippen LogP contribution in [-0.4, -0.2) is 52.5 Å². The maximum atomic E-state index is 13.7. The fourth-order valence-electron chi connectivity index (χ4n) is 1.76. The molecule has 0 aromatic carbocycles. The van der Waals surface area contributed by atoms with Gasteiger partial charge in [0.05, 0.1) is 12.7 Å². The second-order valence-corrected chi connectivity index (χ2v) is 5.07. The van der Waals surface area contributed by atoms with E-state index in [1.165, 1.54) is 0 Å². The van der Waals surface area contributed by atoms with Gasteiger partial charge in [-0.25, -0.2) is 4.39 Å². The molecule has 3 unspecified atom stereocenters. The van der Waals surface area contributed by atoms with E-state index in [9.17, 15) is 14.6 Å². The molecule has 0 bridgehead atoms. The van der Waals surface area contributed by atoms with E-state index >= 15 is 0 Å². The highest BCUT2D eigenvalue weighted by Gasteiger charge is 2.48. The molecule has 1 heterocycles. The van der Waals surface area contributed by atoms with Crippen LogP contribution in [-0.2, 0) is 4.74 Å². The molecule has 0 aromatic rings. The minimum absolute atomic E-state index is 0.433. The van der Waals surface area contributed by atoms with Crippen molar-refractivity contribution in [3.05, 3.63) is 0 Å². The zero-order chi connectivity index (χ0) is 11.8. The second kappa shape index (κ2) is 4.33. The number of halogens is 1. The summed E-state index contributed by atoms with van der Waals surface area (Å²) in [4.78, 5) is 0. The highest BCUT2D eigenvalue weighted by molar-refractivity contribution is 4.96. The molecule has 4 nitrogen and oxygen atoms in total. The first-order valence-electron chi connectivity index (χ1n) is 5.05. The summed E-state index contributed by atoms with van der Waals surface area (Å²) in [5.74, 6) is 0. The first-order valence-corrected chi connectivity index (χ1v) is 5.05. The molecule has 0 aliphatic carbocycles. The highest BCUT2D eigenvalue weighted by Crippen LogP contribution is 2.34. The smallest absolute Gasteiger partial charge is 0.155 e. The third kappa shape index (κ3) is 2.47. The Kier molecular flexibility index (Phi) is 3.71. The van der Waals surface area contributed by atoms with Crippen LogP contribution in [0.5, 0.6) is 0 Å². The molecule has 1 aliphatic heterocycles. The van der Waals surface area contributed by atoms with E-state index in [4.69, 9.17) is 9.84 Å². The summed E-state index contributed by atoms with van der Waals surface area (Å²) in [5.41, 5.74) is -0.492. The van der Waals surface area contributed by atoms with Gasteiger partial charge in [-0.05, 0) is 5.41 Å². The number of hydrogen-bond donors (Lipinski definition) is 3. The molecule has 0 radical (unpaired) electrons. The van der Waals surface area contributed by atoms with Crippen molar-refractivity contribution in [2.45, 2.75) is 51.4 Å². The summed E-state index contributed by atoms with van der Waals surface area (Å²) in [7, 11) is 0. The average Bonchev–Trinajstić information content (AvgIpc) is 2.13. The zero-order valence-corrected chi connectivity index (χ0v) is 9.22. The van der Waals surface area contributed by atoms with E-state index in [0.717, 1.165) is 0 Å². The number of hydrogen-bond acceptors (Lipinski definition) is 4. The van der Waals surface area contributed by atoms with E-state index < -0.39 is 42.6 Å². The molecule has 0 saturated carbocycles. The van der Waals surface area contributed by atoms with Crippen LogP contribution >= 0.6 is 0 Å². The Morgan fingerprint density at radius 1 is 1.20 bits per heavy atom. The van der Waals surface area contributed by atoms with E-state index in [2.05, 4.69) is 0 Å². The van der Waals surface area contributed by atoms with Crippen molar-refractivity contribution in [3.8, 4) is 0 Å². The van der Waals surface area contributed by atoms with Crippen LogP contribution in [0.4, 0.5) is 4.39 Å². The van der Waals surface area contributed by atoms with Crippen molar-refractivity contribution in [2.75, 3.05) is 6.61 Å². The molecule has 5 heteroatoms. The van der Waals surface area contributed by atoms with Gasteiger partial charge >= 0.3 is 0 Å². The lowest BCUT2D eigenvalue weighted by atomic mass is 9.81.